The highest BCUT2D eigenvalue weighted by molar-refractivity contribution is 7.89. The predicted octanol–water partition coefficient (Wildman–Crippen LogP) is 1.07. The monoisotopic (exact) mass is 398 g/mol. The quantitative estimate of drug-likeness (QED) is 0.602. The van der Waals surface area contributed by atoms with Crippen LogP contribution < -0.4 is 10.0 Å². The molecule has 1 aromatic rings. The first-order chi connectivity index (χ1) is 12.8. The van der Waals surface area contributed by atoms with E-state index in [0.717, 1.165) is 12.8 Å². The molecule has 2 N–H and O–H groups in total. The lowest BCUT2D eigenvalue weighted by molar-refractivity contribution is -0.124. The predicted molar refractivity (Wildman–Crippen MR) is 98.7 cm³/mol. The van der Waals surface area contributed by atoms with Crippen molar-refractivity contribution in [2.24, 2.45) is 5.92 Å². The molecule has 150 valence electrons. The number of hydrogen-bond donors (Lipinski definition) is 2. The molecule has 0 unspecified atom stereocenters. The van der Waals surface area contributed by atoms with Crippen molar-refractivity contribution in [1.82, 2.24) is 10.0 Å². The fraction of sp³-hybridized carbons (Fsp3) is 0.556. The van der Waals surface area contributed by atoms with Crippen molar-refractivity contribution in [2.75, 3.05) is 26.3 Å². The third kappa shape index (κ3) is 6.93. The molecule has 1 aliphatic rings. The van der Waals surface area contributed by atoms with Crippen molar-refractivity contribution in [3.8, 4) is 0 Å². The standard InChI is InChI=1S/C18H26N2O6S/c1-13(2)10-19-17(21)12-26-18(22)14-5-7-16(8-6-14)27(23,24)20-11-15-4-3-9-25-15/h5-8,13,15,20H,3-4,9-12H2,1-2H3,(H,19,21)/t15-/m1/s1. The number of amides is 1. The largest absolute Gasteiger partial charge is 0.452 e. The molecule has 0 saturated carbocycles. The molecule has 1 fully saturated rings. The maximum Gasteiger partial charge on any atom is 0.338 e. The van der Waals surface area contributed by atoms with Gasteiger partial charge in [-0.25, -0.2) is 17.9 Å². The van der Waals surface area contributed by atoms with Crippen LogP contribution in [0.15, 0.2) is 29.2 Å². The smallest absolute Gasteiger partial charge is 0.338 e. The Morgan fingerprint density at radius 3 is 2.56 bits per heavy atom. The number of sulfonamides is 1. The van der Waals surface area contributed by atoms with E-state index in [1.165, 1.54) is 24.3 Å². The summed E-state index contributed by atoms with van der Waals surface area (Å²) in [6, 6.07) is 5.37. The van der Waals surface area contributed by atoms with Crippen molar-refractivity contribution >= 4 is 21.9 Å². The molecule has 1 saturated heterocycles. The van der Waals surface area contributed by atoms with E-state index in [1.807, 2.05) is 13.8 Å². The first kappa shape index (κ1) is 21.3. The van der Waals surface area contributed by atoms with Crippen LogP contribution in [0.4, 0.5) is 0 Å². The Morgan fingerprint density at radius 1 is 1.26 bits per heavy atom. The fourth-order valence-corrected chi connectivity index (χ4v) is 3.51. The summed E-state index contributed by atoms with van der Waals surface area (Å²) >= 11 is 0. The summed E-state index contributed by atoms with van der Waals surface area (Å²) in [7, 11) is -3.68. The molecule has 27 heavy (non-hydrogen) atoms. The summed E-state index contributed by atoms with van der Waals surface area (Å²) in [6.07, 6.45) is 1.66. The van der Waals surface area contributed by atoms with E-state index in [1.54, 1.807) is 0 Å². The molecule has 0 bridgehead atoms. The average molecular weight is 398 g/mol. The summed E-state index contributed by atoms with van der Waals surface area (Å²) in [5.41, 5.74) is 0.171. The number of nitrogens with one attached hydrogen (secondary N) is 2. The molecule has 0 radical (unpaired) electrons. The zero-order valence-corrected chi connectivity index (χ0v) is 16.4. The van der Waals surface area contributed by atoms with Crippen LogP contribution in [0.25, 0.3) is 0 Å². The van der Waals surface area contributed by atoms with Crippen molar-refractivity contribution < 1.29 is 27.5 Å². The van der Waals surface area contributed by atoms with Gasteiger partial charge in [-0.05, 0) is 43.0 Å². The highest BCUT2D eigenvalue weighted by Gasteiger charge is 2.20. The molecule has 1 amide bonds. The first-order valence-corrected chi connectivity index (χ1v) is 10.4. The molecule has 1 atom stereocenters. The van der Waals surface area contributed by atoms with Gasteiger partial charge in [0, 0.05) is 19.7 Å². The van der Waals surface area contributed by atoms with E-state index in [0.29, 0.717) is 19.1 Å². The number of hydrogen-bond acceptors (Lipinski definition) is 6. The van der Waals surface area contributed by atoms with Gasteiger partial charge in [0.1, 0.15) is 0 Å². The maximum absolute atomic E-state index is 12.3. The fourth-order valence-electron chi connectivity index (χ4n) is 2.44. The Bertz CT molecular complexity index is 740. The van der Waals surface area contributed by atoms with Crippen LogP contribution in [0.5, 0.6) is 0 Å². The Balaban J connectivity index is 1.85. The van der Waals surface area contributed by atoms with Gasteiger partial charge in [-0.15, -0.1) is 0 Å². The van der Waals surface area contributed by atoms with E-state index in [4.69, 9.17) is 9.47 Å². The van der Waals surface area contributed by atoms with Crippen molar-refractivity contribution in [3.63, 3.8) is 0 Å². The second-order valence-corrected chi connectivity index (χ2v) is 8.55. The van der Waals surface area contributed by atoms with Gasteiger partial charge in [0.05, 0.1) is 16.6 Å². The Hall–Kier alpha value is -1.97. The van der Waals surface area contributed by atoms with Crippen LogP contribution in [0.3, 0.4) is 0 Å². The Kier molecular flexibility index (Phi) is 7.76. The van der Waals surface area contributed by atoms with Gasteiger partial charge in [0.25, 0.3) is 5.91 Å². The van der Waals surface area contributed by atoms with Crippen LogP contribution in [-0.2, 0) is 24.3 Å². The maximum atomic E-state index is 12.3. The topological polar surface area (TPSA) is 111 Å². The second-order valence-electron chi connectivity index (χ2n) is 6.79. The number of benzene rings is 1. The summed E-state index contributed by atoms with van der Waals surface area (Å²) in [5, 5.41) is 2.64. The molecule has 8 nitrogen and oxygen atoms in total. The second kappa shape index (κ2) is 9.82. The highest BCUT2D eigenvalue weighted by atomic mass is 32.2. The summed E-state index contributed by atoms with van der Waals surface area (Å²) in [6.45, 7) is 4.90. The minimum Gasteiger partial charge on any atom is -0.452 e. The zero-order valence-electron chi connectivity index (χ0n) is 15.6. The molecular weight excluding hydrogens is 372 g/mol. The third-order valence-electron chi connectivity index (χ3n) is 3.97. The van der Waals surface area contributed by atoms with Gasteiger partial charge < -0.3 is 14.8 Å². The lowest BCUT2D eigenvalue weighted by Crippen LogP contribution is -2.32. The van der Waals surface area contributed by atoms with Crippen molar-refractivity contribution in [2.45, 2.75) is 37.7 Å². The van der Waals surface area contributed by atoms with Crippen LogP contribution >= 0.6 is 0 Å². The van der Waals surface area contributed by atoms with Gasteiger partial charge in [0.2, 0.25) is 10.0 Å². The highest BCUT2D eigenvalue weighted by Crippen LogP contribution is 2.14. The van der Waals surface area contributed by atoms with E-state index >= 15 is 0 Å². The van der Waals surface area contributed by atoms with E-state index in [2.05, 4.69) is 10.0 Å². The number of carbonyl (C=O) groups is 2. The van der Waals surface area contributed by atoms with Crippen molar-refractivity contribution in [1.29, 1.82) is 0 Å². The summed E-state index contributed by atoms with van der Waals surface area (Å²) in [4.78, 5) is 23.6. The Morgan fingerprint density at radius 2 is 1.96 bits per heavy atom. The lowest BCUT2D eigenvalue weighted by Gasteiger charge is -2.12. The average Bonchev–Trinajstić information content (AvgIpc) is 3.16. The number of ether oxygens (including phenoxy) is 2. The Labute approximate surface area is 159 Å². The summed E-state index contributed by atoms with van der Waals surface area (Å²) < 4.78 is 37.4. The molecule has 1 aromatic carbocycles. The van der Waals surface area contributed by atoms with Crippen LogP contribution in [0.2, 0.25) is 0 Å². The minimum atomic E-state index is -3.68. The van der Waals surface area contributed by atoms with E-state index in [9.17, 15) is 18.0 Å². The van der Waals surface area contributed by atoms with Gasteiger partial charge >= 0.3 is 5.97 Å². The molecule has 1 heterocycles. The van der Waals surface area contributed by atoms with E-state index in [-0.39, 0.29) is 35.6 Å². The molecule has 9 heteroatoms. The van der Waals surface area contributed by atoms with Gasteiger partial charge in [-0.2, -0.15) is 0 Å². The van der Waals surface area contributed by atoms with Crippen molar-refractivity contribution in [3.05, 3.63) is 29.8 Å². The van der Waals surface area contributed by atoms with Gasteiger partial charge in [-0.1, -0.05) is 13.8 Å². The zero-order chi connectivity index (χ0) is 19.9. The summed E-state index contributed by atoms with van der Waals surface area (Å²) in [5.74, 6) is -0.770. The van der Waals surface area contributed by atoms with Gasteiger partial charge in [-0.3, -0.25) is 4.79 Å². The molecule has 0 spiro atoms. The molecule has 0 aromatic heterocycles. The van der Waals surface area contributed by atoms with Crippen LogP contribution in [0, 0.1) is 5.92 Å². The SMILES string of the molecule is CC(C)CNC(=O)COC(=O)c1ccc(S(=O)(=O)NC[C@H]2CCCO2)cc1. The normalized spacial score (nSPS) is 17.1. The van der Waals surface area contributed by atoms with Gasteiger partial charge in [0.15, 0.2) is 6.61 Å². The molecular formula is C18H26N2O6S. The van der Waals surface area contributed by atoms with E-state index < -0.39 is 16.0 Å². The van der Waals surface area contributed by atoms with Crippen LogP contribution in [0.1, 0.15) is 37.0 Å². The number of esters is 1. The lowest BCUT2D eigenvalue weighted by atomic mass is 10.2. The van der Waals surface area contributed by atoms with Crippen LogP contribution in [-0.4, -0.2) is 52.7 Å². The first-order valence-electron chi connectivity index (χ1n) is 8.93. The molecule has 1 aliphatic heterocycles. The molecule has 2 rings (SSSR count). The minimum absolute atomic E-state index is 0.0479. The third-order valence-corrected chi connectivity index (χ3v) is 5.41. The number of carbonyl (C=O) groups excluding carboxylic acids is 2. The molecule has 0 aliphatic carbocycles. The number of rotatable bonds is 9.